The van der Waals surface area contributed by atoms with Crippen LogP contribution >= 0.6 is 11.7 Å². The molecule has 1 aliphatic rings. The third-order valence-corrected chi connectivity index (χ3v) is 7.55. The molecule has 0 aliphatic carbocycles. The van der Waals surface area contributed by atoms with E-state index in [-0.39, 0.29) is 17.3 Å². The Labute approximate surface area is 173 Å². The van der Waals surface area contributed by atoms with E-state index in [1.165, 1.54) is 4.31 Å². The first kappa shape index (κ1) is 19.9. The van der Waals surface area contributed by atoms with E-state index in [0.717, 1.165) is 17.4 Å². The lowest BCUT2D eigenvalue weighted by atomic mass is 10.3. The van der Waals surface area contributed by atoms with Gasteiger partial charge in [0.05, 0.1) is 18.3 Å². The number of hydrogen-bond acceptors (Lipinski definition) is 7. The minimum Gasteiger partial charge on any atom is -0.314 e. The number of rotatable bonds is 5. The minimum atomic E-state index is -3.65. The molecule has 1 aromatic heterocycles. The van der Waals surface area contributed by atoms with Gasteiger partial charge in [-0.25, -0.2) is 8.42 Å². The van der Waals surface area contributed by atoms with Gasteiger partial charge in [0, 0.05) is 38.9 Å². The zero-order valence-corrected chi connectivity index (χ0v) is 17.6. The fraction of sp³-hybridized carbons (Fsp3) is 0.316. The summed E-state index contributed by atoms with van der Waals surface area (Å²) >= 11 is 1.00. The molecule has 8 nitrogen and oxygen atoms in total. The molecule has 0 unspecified atom stereocenters. The molecule has 2 aromatic carbocycles. The number of carbonyl (C=O) groups excluding carboxylic acids is 1. The van der Waals surface area contributed by atoms with Crippen molar-refractivity contribution >= 4 is 44.4 Å². The van der Waals surface area contributed by atoms with Crippen LogP contribution in [0.5, 0.6) is 0 Å². The van der Waals surface area contributed by atoms with E-state index in [2.05, 4.69) is 8.75 Å². The molecule has 1 saturated heterocycles. The van der Waals surface area contributed by atoms with Gasteiger partial charge in [0.15, 0.2) is 0 Å². The van der Waals surface area contributed by atoms with Gasteiger partial charge in [-0.05, 0) is 24.3 Å². The highest BCUT2D eigenvalue weighted by Gasteiger charge is 2.31. The smallest absolute Gasteiger partial charge is 0.245 e. The Morgan fingerprint density at radius 2 is 1.76 bits per heavy atom. The van der Waals surface area contributed by atoms with E-state index in [0.29, 0.717) is 37.2 Å². The Balaban J connectivity index is 1.40. The zero-order chi connectivity index (χ0) is 20.4. The van der Waals surface area contributed by atoms with E-state index in [4.69, 9.17) is 0 Å². The van der Waals surface area contributed by atoms with Gasteiger partial charge in [0.25, 0.3) is 0 Å². The van der Waals surface area contributed by atoms with Crippen molar-refractivity contribution in [3.8, 4) is 0 Å². The Morgan fingerprint density at radius 1 is 1.03 bits per heavy atom. The highest BCUT2D eigenvalue weighted by molar-refractivity contribution is 7.89. The normalized spacial score (nSPS) is 16.2. The van der Waals surface area contributed by atoms with Crippen LogP contribution in [0.15, 0.2) is 53.4 Å². The summed E-state index contributed by atoms with van der Waals surface area (Å²) in [5.41, 5.74) is 1.84. The summed E-state index contributed by atoms with van der Waals surface area (Å²) in [4.78, 5) is 16.4. The number of likely N-dealkylation sites (N-methyl/N-ethyl adjacent to an activating group) is 1. The first-order chi connectivity index (χ1) is 14.0. The van der Waals surface area contributed by atoms with Crippen molar-refractivity contribution in [3.05, 3.63) is 48.5 Å². The number of hydrogen-bond donors (Lipinski definition) is 0. The van der Waals surface area contributed by atoms with Crippen LogP contribution < -0.4 is 4.90 Å². The van der Waals surface area contributed by atoms with Crippen LogP contribution in [0.2, 0.25) is 0 Å². The second kappa shape index (κ2) is 8.15. The molecule has 0 bridgehead atoms. The summed E-state index contributed by atoms with van der Waals surface area (Å²) in [7, 11) is -1.90. The molecule has 1 fully saturated rings. The molecule has 1 aliphatic heterocycles. The van der Waals surface area contributed by atoms with Crippen molar-refractivity contribution in [1.29, 1.82) is 0 Å². The van der Waals surface area contributed by atoms with E-state index in [9.17, 15) is 13.2 Å². The molecule has 152 valence electrons. The zero-order valence-electron chi connectivity index (χ0n) is 15.9. The van der Waals surface area contributed by atoms with E-state index < -0.39 is 10.0 Å². The number of para-hydroxylation sites is 1. The molecule has 10 heteroatoms. The van der Waals surface area contributed by atoms with Gasteiger partial charge in [-0.3, -0.25) is 9.69 Å². The molecule has 4 rings (SSSR count). The van der Waals surface area contributed by atoms with Gasteiger partial charge in [0.2, 0.25) is 15.9 Å². The van der Waals surface area contributed by atoms with Crippen LogP contribution in [0.4, 0.5) is 5.69 Å². The maximum absolute atomic E-state index is 13.1. The van der Waals surface area contributed by atoms with Crippen LogP contribution in [0.25, 0.3) is 11.0 Å². The summed E-state index contributed by atoms with van der Waals surface area (Å²) in [6, 6.07) is 14.5. The Bertz CT molecular complexity index is 1110. The predicted molar refractivity (Wildman–Crippen MR) is 112 cm³/mol. The Hall–Kier alpha value is -2.40. The summed E-state index contributed by atoms with van der Waals surface area (Å²) < 4.78 is 35.9. The number of anilines is 1. The maximum Gasteiger partial charge on any atom is 0.245 e. The molecule has 0 atom stereocenters. The summed E-state index contributed by atoms with van der Waals surface area (Å²) in [6.07, 6.45) is 0. The molecular formula is C19H21N5O3S2. The molecule has 0 spiro atoms. The number of fused-ring (bicyclic) bond motifs is 1. The number of sulfonamides is 1. The molecule has 0 saturated carbocycles. The number of piperazine rings is 1. The number of carbonyl (C=O) groups is 1. The average molecular weight is 432 g/mol. The van der Waals surface area contributed by atoms with Crippen LogP contribution in [0.1, 0.15) is 0 Å². The number of benzene rings is 2. The van der Waals surface area contributed by atoms with Gasteiger partial charge >= 0.3 is 0 Å². The van der Waals surface area contributed by atoms with Crippen molar-refractivity contribution in [2.24, 2.45) is 0 Å². The van der Waals surface area contributed by atoms with Gasteiger partial charge in [-0.2, -0.15) is 13.1 Å². The fourth-order valence-corrected chi connectivity index (χ4v) is 5.52. The largest absolute Gasteiger partial charge is 0.314 e. The van der Waals surface area contributed by atoms with E-state index in [1.54, 1.807) is 30.1 Å². The fourth-order valence-electron chi connectivity index (χ4n) is 3.35. The second-order valence-corrected chi connectivity index (χ2v) is 9.29. The molecular weight excluding hydrogens is 410 g/mol. The number of nitrogens with zero attached hydrogens (tertiary/aromatic N) is 5. The van der Waals surface area contributed by atoms with Crippen LogP contribution in [-0.2, 0) is 14.8 Å². The Kier molecular flexibility index (Phi) is 5.59. The van der Waals surface area contributed by atoms with Gasteiger partial charge < -0.3 is 4.90 Å². The Morgan fingerprint density at radius 3 is 2.48 bits per heavy atom. The summed E-state index contributed by atoms with van der Waals surface area (Å²) in [6.45, 7) is 1.92. The number of amides is 1. The third-order valence-electron chi connectivity index (χ3n) is 5.07. The standard InChI is InChI=1S/C19H21N5O3S2/c1-22(15-6-3-2-4-7-15)18(25)14-23-10-12-24(13-11-23)29(26,27)17-9-5-8-16-19(17)21-28-20-16/h2-9H,10-14H2,1H3. The quantitative estimate of drug-likeness (QED) is 0.611. The van der Waals surface area contributed by atoms with Crippen LogP contribution in [0, 0.1) is 0 Å². The van der Waals surface area contributed by atoms with E-state index in [1.807, 2.05) is 35.2 Å². The second-order valence-electron chi connectivity index (χ2n) is 6.86. The van der Waals surface area contributed by atoms with E-state index >= 15 is 0 Å². The number of aromatic nitrogens is 2. The SMILES string of the molecule is CN(C(=O)CN1CCN(S(=O)(=O)c2cccc3nsnc23)CC1)c1ccccc1. The third kappa shape index (κ3) is 4.01. The predicted octanol–water partition coefficient (Wildman–Crippen LogP) is 1.66. The highest BCUT2D eigenvalue weighted by atomic mass is 32.2. The molecule has 3 aromatic rings. The van der Waals surface area contributed by atoms with Gasteiger partial charge in [-0.1, -0.05) is 24.3 Å². The summed E-state index contributed by atoms with van der Waals surface area (Å²) in [5, 5.41) is 0. The maximum atomic E-state index is 13.1. The molecule has 2 heterocycles. The highest BCUT2D eigenvalue weighted by Crippen LogP contribution is 2.25. The molecule has 0 N–H and O–H groups in total. The topological polar surface area (TPSA) is 86.7 Å². The minimum absolute atomic E-state index is 0.0224. The van der Waals surface area contributed by atoms with Crippen LogP contribution in [0.3, 0.4) is 0 Å². The van der Waals surface area contributed by atoms with Crippen molar-refractivity contribution in [2.75, 3.05) is 44.7 Å². The first-order valence-electron chi connectivity index (χ1n) is 9.22. The molecule has 0 radical (unpaired) electrons. The van der Waals surface area contributed by atoms with Crippen molar-refractivity contribution in [2.45, 2.75) is 4.90 Å². The molecule has 29 heavy (non-hydrogen) atoms. The summed E-state index contributed by atoms with van der Waals surface area (Å²) in [5.74, 6) is -0.0224. The average Bonchev–Trinajstić information content (AvgIpc) is 3.23. The van der Waals surface area contributed by atoms with Crippen LogP contribution in [-0.4, -0.2) is 72.0 Å². The molecule has 1 amide bonds. The van der Waals surface area contributed by atoms with Gasteiger partial charge in [-0.15, -0.1) is 0 Å². The lowest BCUT2D eigenvalue weighted by Crippen LogP contribution is -2.51. The van der Waals surface area contributed by atoms with Gasteiger partial charge in [0.1, 0.15) is 15.9 Å². The lowest BCUT2D eigenvalue weighted by Gasteiger charge is -2.34. The van der Waals surface area contributed by atoms with Crippen molar-refractivity contribution < 1.29 is 13.2 Å². The lowest BCUT2D eigenvalue weighted by molar-refractivity contribution is -0.119. The van der Waals surface area contributed by atoms with Crippen molar-refractivity contribution in [1.82, 2.24) is 18.0 Å². The first-order valence-corrected chi connectivity index (χ1v) is 11.4. The monoisotopic (exact) mass is 431 g/mol. The van der Waals surface area contributed by atoms with Crippen molar-refractivity contribution in [3.63, 3.8) is 0 Å².